The van der Waals surface area contributed by atoms with E-state index in [0.29, 0.717) is 13.0 Å². The van der Waals surface area contributed by atoms with E-state index in [1.54, 1.807) is 0 Å². The lowest BCUT2D eigenvalue weighted by Gasteiger charge is -2.13. The summed E-state index contributed by atoms with van der Waals surface area (Å²) in [4.78, 5) is 22.5. The fraction of sp³-hybridized carbons (Fsp3) is 0.818. The number of rotatable bonds is 3. The maximum atomic E-state index is 11.5. The summed E-state index contributed by atoms with van der Waals surface area (Å²) in [5.41, 5.74) is 0. The van der Waals surface area contributed by atoms with E-state index in [1.807, 2.05) is 0 Å². The zero-order valence-electron chi connectivity index (χ0n) is 8.83. The predicted octanol–water partition coefficient (Wildman–Crippen LogP) is 0.998. The summed E-state index contributed by atoms with van der Waals surface area (Å²) in [6, 6.07) is 0.0443. The monoisotopic (exact) mass is 211 g/mol. The molecule has 15 heavy (non-hydrogen) atoms. The molecule has 1 atom stereocenters. The van der Waals surface area contributed by atoms with Crippen molar-refractivity contribution in [2.45, 2.75) is 44.6 Å². The fourth-order valence-corrected chi connectivity index (χ4v) is 2.26. The van der Waals surface area contributed by atoms with Gasteiger partial charge < -0.3 is 10.1 Å². The van der Waals surface area contributed by atoms with E-state index in [0.717, 1.165) is 32.1 Å². The van der Waals surface area contributed by atoms with Crippen LogP contribution in [-0.4, -0.2) is 24.5 Å². The number of hydrogen-bond donors (Lipinski definition) is 1. The highest BCUT2D eigenvalue weighted by atomic mass is 16.5. The van der Waals surface area contributed by atoms with Crippen molar-refractivity contribution in [2.75, 3.05) is 6.61 Å². The van der Waals surface area contributed by atoms with Crippen LogP contribution >= 0.6 is 0 Å². The van der Waals surface area contributed by atoms with Gasteiger partial charge in [0.05, 0.1) is 12.0 Å². The van der Waals surface area contributed by atoms with Gasteiger partial charge in [-0.3, -0.25) is 9.59 Å². The standard InChI is InChI=1S/C11H17NO3/c13-10-6-5-9(12-10)7-15-11(14)8-3-1-2-4-8/h8-9H,1-7H2,(H,12,13). The summed E-state index contributed by atoms with van der Waals surface area (Å²) < 4.78 is 5.20. The van der Waals surface area contributed by atoms with Crippen LogP contribution in [0.5, 0.6) is 0 Å². The van der Waals surface area contributed by atoms with Gasteiger partial charge in [0, 0.05) is 6.42 Å². The minimum absolute atomic E-state index is 0.0443. The van der Waals surface area contributed by atoms with Crippen molar-refractivity contribution in [3.05, 3.63) is 0 Å². The molecule has 0 radical (unpaired) electrons. The summed E-state index contributed by atoms with van der Waals surface area (Å²) in [5, 5.41) is 2.78. The van der Waals surface area contributed by atoms with Crippen molar-refractivity contribution in [1.29, 1.82) is 0 Å². The molecule has 4 nitrogen and oxygen atoms in total. The average molecular weight is 211 g/mol. The Hall–Kier alpha value is -1.06. The Bertz CT molecular complexity index is 259. The second-order valence-corrected chi connectivity index (χ2v) is 4.41. The van der Waals surface area contributed by atoms with Gasteiger partial charge in [0.15, 0.2) is 0 Å². The molecule has 1 saturated heterocycles. The van der Waals surface area contributed by atoms with Gasteiger partial charge in [0.2, 0.25) is 5.91 Å². The first-order chi connectivity index (χ1) is 7.25. The maximum absolute atomic E-state index is 11.5. The smallest absolute Gasteiger partial charge is 0.309 e. The highest BCUT2D eigenvalue weighted by Crippen LogP contribution is 2.25. The molecule has 1 aliphatic heterocycles. The minimum atomic E-state index is -0.0753. The summed E-state index contributed by atoms with van der Waals surface area (Å²) in [6.45, 7) is 0.348. The summed E-state index contributed by atoms with van der Waals surface area (Å²) in [6.07, 6.45) is 5.56. The molecule has 2 aliphatic rings. The number of carbonyl (C=O) groups is 2. The molecule has 1 aliphatic carbocycles. The van der Waals surface area contributed by atoms with Gasteiger partial charge in [-0.15, -0.1) is 0 Å². The van der Waals surface area contributed by atoms with Crippen LogP contribution in [0.15, 0.2) is 0 Å². The van der Waals surface area contributed by atoms with Gasteiger partial charge in [0.25, 0.3) is 0 Å². The molecule has 0 aromatic rings. The normalized spacial score (nSPS) is 26.7. The number of amides is 1. The van der Waals surface area contributed by atoms with Crippen LogP contribution in [0.25, 0.3) is 0 Å². The van der Waals surface area contributed by atoms with E-state index in [1.165, 1.54) is 0 Å². The lowest BCUT2D eigenvalue weighted by Crippen LogP contribution is -2.31. The number of ether oxygens (including phenoxy) is 1. The molecule has 84 valence electrons. The third kappa shape index (κ3) is 2.70. The molecule has 1 N–H and O–H groups in total. The second-order valence-electron chi connectivity index (χ2n) is 4.41. The third-order valence-corrected chi connectivity index (χ3v) is 3.20. The average Bonchev–Trinajstić information content (AvgIpc) is 2.84. The molecule has 0 aromatic heterocycles. The SMILES string of the molecule is O=C1CCC(COC(=O)C2CCCC2)N1. The predicted molar refractivity (Wildman–Crippen MR) is 54.1 cm³/mol. The van der Waals surface area contributed by atoms with Gasteiger partial charge in [-0.25, -0.2) is 0 Å². The first-order valence-electron chi connectivity index (χ1n) is 5.71. The van der Waals surface area contributed by atoms with Crippen molar-refractivity contribution < 1.29 is 14.3 Å². The van der Waals surface area contributed by atoms with Crippen LogP contribution in [0.4, 0.5) is 0 Å². The molecule has 2 rings (SSSR count). The lowest BCUT2D eigenvalue weighted by molar-refractivity contribution is -0.149. The zero-order valence-corrected chi connectivity index (χ0v) is 8.83. The third-order valence-electron chi connectivity index (χ3n) is 3.20. The Morgan fingerprint density at radius 1 is 1.33 bits per heavy atom. The van der Waals surface area contributed by atoms with E-state index in [2.05, 4.69) is 5.32 Å². The first-order valence-corrected chi connectivity index (χ1v) is 5.71. The van der Waals surface area contributed by atoms with Gasteiger partial charge in [-0.1, -0.05) is 12.8 Å². The van der Waals surface area contributed by atoms with Crippen molar-refractivity contribution in [2.24, 2.45) is 5.92 Å². The van der Waals surface area contributed by atoms with E-state index in [-0.39, 0.29) is 23.8 Å². The van der Waals surface area contributed by atoms with Crippen molar-refractivity contribution >= 4 is 11.9 Å². The van der Waals surface area contributed by atoms with Crippen molar-refractivity contribution in [3.63, 3.8) is 0 Å². The first kappa shape index (κ1) is 10.5. The van der Waals surface area contributed by atoms with Crippen LogP contribution in [0.2, 0.25) is 0 Å². The molecule has 2 fully saturated rings. The van der Waals surface area contributed by atoms with Gasteiger partial charge in [-0.2, -0.15) is 0 Å². The largest absolute Gasteiger partial charge is 0.463 e. The second kappa shape index (κ2) is 4.64. The van der Waals surface area contributed by atoms with E-state index in [4.69, 9.17) is 4.74 Å². The molecule has 1 amide bonds. The van der Waals surface area contributed by atoms with Crippen molar-refractivity contribution in [3.8, 4) is 0 Å². The summed E-state index contributed by atoms with van der Waals surface area (Å²) in [5.74, 6) is 0.104. The lowest BCUT2D eigenvalue weighted by atomic mass is 10.1. The minimum Gasteiger partial charge on any atom is -0.463 e. The van der Waals surface area contributed by atoms with Crippen LogP contribution in [0.1, 0.15) is 38.5 Å². The van der Waals surface area contributed by atoms with Gasteiger partial charge >= 0.3 is 5.97 Å². The Kier molecular flexibility index (Phi) is 3.23. The molecule has 0 bridgehead atoms. The highest BCUT2D eigenvalue weighted by Gasteiger charge is 2.26. The Morgan fingerprint density at radius 3 is 2.67 bits per heavy atom. The molecule has 4 heteroatoms. The molecule has 1 saturated carbocycles. The topological polar surface area (TPSA) is 55.4 Å². The van der Waals surface area contributed by atoms with Gasteiger partial charge in [-0.05, 0) is 19.3 Å². The van der Waals surface area contributed by atoms with Crippen LogP contribution < -0.4 is 5.32 Å². The molecule has 1 unspecified atom stereocenters. The number of esters is 1. The van der Waals surface area contributed by atoms with Crippen LogP contribution in [0.3, 0.4) is 0 Å². The van der Waals surface area contributed by atoms with E-state index >= 15 is 0 Å². The quantitative estimate of drug-likeness (QED) is 0.708. The molecular weight excluding hydrogens is 194 g/mol. The van der Waals surface area contributed by atoms with Crippen LogP contribution in [0, 0.1) is 5.92 Å². The molecular formula is C11H17NO3. The number of hydrogen-bond acceptors (Lipinski definition) is 3. The summed E-state index contributed by atoms with van der Waals surface area (Å²) >= 11 is 0. The van der Waals surface area contributed by atoms with Crippen LogP contribution in [-0.2, 0) is 14.3 Å². The molecule has 0 spiro atoms. The van der Waals surface area contributed by atoms with Gasteiger partial charge in [0.1, 0.15) is 6.61 Å². The van der Waals surface area contributed by atoms with E-state index < -0.39 is 0 Å². The highest BCUT2D eigenvalue weighted by molar-refractivity contribution is 5.78. The fourth-order valence-electron chi connectivity index (χ4n) is 2.26. The van der Waals surface area contributed by atoms with Crippen molar-refractivity contribution in [1.82, 2.24) is 5.32 Å². The zero-order chi connectivity index (χ0) is 10.7. The Labute approximate surface area is 89.4 Å². The van der Waals surface area contributed by atoms with E-state index in [9.17, 15) is 9.59 Å². The number of nitrogens with one attached hydrogen (secondary N) is 1. The Balaban J connectivity index is 1.68. The number of carbonyl (C=O) groups excluding carboxylic acids is 2. The summed E-state index contributed by atoms with van der Waals surface area (Å²) in [7, 11) is 0. The molecule has 0 aromatic carbocycles. The molecule has 1 heterocycles. The maximum Gasteiger partial charge on any atom is 0.309 e. The Morgan fingerprint density at radius 2 is 2.07 bits per heavy atom.